The van der Waals surface area contributed by atoms with Crippen LogP contribution >= 0.6 is 0 Å². The molecule has 0 radical (unpaired) electrons. The molecule has 0 aliphatic heterocycles. The minimum atomic E-state index is -0.260. The molecule has 0 bridgehead atoms. The molecule has 0 saturated carbocycles. The average molecular weight is 465 g/mol. The van der Waals surface area contributed by atoms with E-state index in [1.165, 1.54) is 11.5 Å². The number of aromatic nitrogens is 2. The van der Waals surface area contributed by atoms with Gasteiger partial charge in [-0.3, -0.25) is 0 Å². The lowest BCUT2D eigenvalue weighted by Gasteiger charge is -2.11. The molecule has 0 spiro atoms. The van der Waals surface area contributed by atoms with Crippen LogP contribution in [0.25, 0.3) is 60.7 Å². The number of benzene rings is 5. The molecule has 5 aromatic carbocycles. The minimum absolute atomic E-state index is 0.260. The molecule has 2 nitrogen and oxygen atoms in total. The summed E-state index contributed by atoms with van der Waals surface area (Å²) in [5.74, 6) is -0.260. The molecule has 36 heavy (non-hydrogen) atoms. The Kier molecular flexibility index (Phi) is 4.68. The van der Waals surface area contributed by atoms with Crippen LogP contribution in [0.1, 0.15) is 0 Å². The number of hydrogen-bond acceptors (Lipinski definition) is 1. The Hall–Kier alpha value is -4.76. The van der Waals surface area contributed by atoms with E-state index in [9.17, 15) is 4.39 Å². The van der Waals surface area contributed by atoms with E-state index in [1.54, 1.807) is 6.07 Å². The lowest BCUT2D eigenvalue weighted by Crippen LogP contribution is -1.96. The summed E-state index contributed by atoms with van der Waals surface area (Å²) in [6.45, 7) is 0. The predicted molar refractivity (Wildman–Crippen MR) is 146 cm³/mol. The fourth-order valence-electron chi connectivity index (χ4n) is 5.14. The SMILES string of the molecule is Fc1ccc2cc(-c3ccccc3)n3nc(-c4ccc5ccccc5c4)c(-c4ccccc4)c3c2c1. The molecule has 3 heteroatoms. The molecular formula is C33H21FN2. The third-order valence-corrected chi connectivity index (χ3v) is 6.83. The molecule has 7 rings (SSSR count). The molecule has 2 heterocycles. The second-order valence-corrected chi connectivity index (χ2v) is 9.04. The molecule has 0 atom stereocenters. The summed E-state index contributed by atoms with van der Waals surface area (Å²) in [5.41, 5.74) is 6.88. The van der Waals surface area contributed by atoms with Crippen molar-refractivity contribution < 1.29 is 4.39 Å². The van der Waals surface area contributed by atoms with Gasteiger partial charge in [-0.2, -0.15) is 5.10 Å². The Bertz CT molecular complexity index is 1890. The first-order chi connectivity index (χ1) is 17.8. The third kappa shape index (κ3) is 3.29. The van der Waals surface area contributed by atoms with Gasteiger partial charge < -0.3 is 0 Å². The summed E-state index contributed by atoms with van der Waals surface area (Å²) in [7, 11) is 0. The smallest absolute Gasteiger partial charge is 0.123 e. The highest BCUT2D eigenvalue weighted by Crippen LogP contribution is 2.41. The Balaban J connectivity index is 1.66. The largest absolute Gasteiger partial charge is 0.231 e. The summed E-state index contributed by atoms with van der Waals surface area (Å²) in [5, 5.41) is 9.38. The molecule has 0 saturated heterocycles. The Morgan fingerprint density at radius 3 is 1.97 bits per heavy atom. The van der Waals surface area contributed by atoms with Gasteiger partial charge in [0.15, 0.2) is 0 Å². The van der Waals surface area contributed by atoms with Crippen LogP contribution in [0, 0.1) is 5.82 Å². The maximum absolute atomic E-state index is 14.6. The molecule has 0 aliphatic rings. The van der Waals surface area contributed by atoms with Crippen molar-refractivity contribution in [2.45, 2.75) is 0 Å². The van der Waals surface area contributed by atoms with Crippen LogP contribution in [0.5, 0.6) is 0 Å². The number of pyridine rings is 1. The molecular weight excluding hydrogens is 443 g/mol. The summed E-state index contributed by atoms with van der Waals surface area (Å²) in [4.78, 5) is 0. The van der Waals surface area contributed by atoms with Gasteiger partial charge >= 0.3 is 0 Å². The van der Waals surface area contributed by atoms with Gasteiger partial charge in [0.2, 0.25) is 0 Å². The van der Waals surface area contributed by atoms with Crippen LogP contribution in [0.15, 0.2) is 127 Å². The van der Waals surface area contributed by atoms with Crippen LogP contribution in [-0.4, -0.2) is 9.61 Å². The van der Waals surface area contributed by atoms with Gasteiger partial charge in [-0.15, -0.1) is 0 Å². The van der Waals surface area contributed by atoms with Crippen molar-refractivity contribution in [2.24, 2.45) is 0 Å². The Morgan fingerprint density at radius 2 is 1.19 bits per heavy atom. The average Bonchev–Trinajstić information content (AvgIpc) is 3.34. The first-order valence-corrected chi connectivity index (χ1v) is 12.0. The molecule has 7 aromatic rings. The van der Waals surface area contributed by atoms with Gasteiger partial charge in [-0.25, -0.2) is 8.91 Å². The van der Waals surface area contributed by atoms with Crippen molar-refractivity contribution in [1.82, 2.24) is 9.61 Å². The van der Waals surface area contributed by atoms with Gasteiger partial charge in [-0.05, 0) is 46.0 Å². The van der Waals surface area contributed by atoms with Gasteiger partial charge in [0.05, 0.1) is 11.2 Å². The zero-order valence-electron chi connectivity index (χ0n) is 19.4. The summed E-state index contributed by atoms with van der Waals surface area (Å²) in [6, 6.07) is 42.4. The van der Waals surface area contributed by atoms with Crippen molar-refractivity contribution in [3.63, 3.8) is 0 Å². The van der Waals surface area contributed by atoms with Crippen molar-refractivity contribution >= 4 is 27.1 Å². The summed E-state index contributed by atoms with van der Waals surface area (Å²) < 4.78 is 16.6. The number of rotatable bonds is 3. The second-order valence-electron chi connectivity index (χ2n) is 9.04. The van der Waals surface area contributed by atoms with E-state index < -0.39 is 0 Å². The highest BCUT2D eigenvalue weighted by atomic mass is 19.1. The van der Waals surface area contributed by atoms with E-state index in [0.29, 0.717) is 0 Å². The van der Waals surface area contributed by atoms with Crippen LogP contribution in [0.4, 0.5) is 4.39 Å². The summed E-state index contributed by atoms with van der Waals surface area (Å²) >= 11 is 0. The molecule has 0 unspecified atom stereocenters. The van der Waals surface area contributed by atoms with Crippen LogP contribution in [0.3, 0.4) is 0 Å². The minimum Gasteiger partial charge on any atom is -0.231 e. The first kappa shape index (κ1) is 20.6. The maximum atomic E-state index is 14.6. The normalized spacial score (nSPS) is 11.5. The maximum Gasteiger partial charge on any atom is 0.123 e. The lowest BCUT2D eigenvalue weighted by atomic mass is 9.96. The Labute approximate surface area is 207 Å². The molecule has 0 N–H and O–H groups in total. The van der Waals surface area contributed by atoms with Crippen LogP contribution in [-0.2, 0) is 0 Å². The quantitative estimate of drug-likeness (QED) is 0.255. The molecule has 2 aromatic heterocycles. The van der Waals surface area contributed by atoms with Gasteiger partial charge in [0, 0.05) is 22.1 Å². The van der Waals surface area contributed by atoms with Crippen LogP contribution < -0.4 is 0 Å². The van der Waals surface area contributed by atoms with E-state index in [4.69, 9.17) is 5.10 Å². The molecule has 170 valence electrons. The van der Waals surface area contributed by atoms with Crippen molar-refractivity contribution in [1.29, 1.82) is 0 Å². The van der Waals surface area contributed by atoms with E-state index in [-0.39, 0.29) is 5.82 Å². The zero-order chi connectivity index (χ0) is 24.1. The Morgan fingerprint density at radius 1 is 0.528 bits per heavy atom. The van der Waals surface area contributed by atoms with Gasteiger partial charge in [-0.1, -0.05) is 103 Å². The van der Waals surface area contributed by atoms with Crippen molar-refractivity contribution in [3.8, 4) is 33.6 Å². The number of fused-ring (bicyclic) bond motifs is 4. The van der Waals surface area contributed by atoms with Gasteiger partial charge in [0.25, 0.3) is 0 Å². The van der Waals surface area contributed by atoms with Gasteiger partial charge in [0.1, 0.15) is 11.5 Å². The fourth-order valence-corrected chi connectivity index (χ4v) is 5.14. The monoisotopic (exact) mass is 464 g/mol. The topological polar surface area (TPSA) is 17.3 Å². The standard InChI is InChI=1S/C33H21FN2/c34-28-18-17-26-20-30(23-10-3-1-4-11-23)36-33(29(26)21-28)31(24-12-5-2-6-13-24)32(35-36)27-16-15-22-9-7-8-14-25(22)19-27/h1-21H. The highest BCUT2D eigenvalue weighted by Gasteiger charge is 2.21. The van der Waals surface area contributed by atoms with E-state index in [1.807, 2.05) is 47.0 Å². The highest BCUT2D eigenvalue weighted by molar-refractivity contribution is 6.09. The fraction of sp³-hybridized carbons (Fsp3) is 0. The summed E-state index contributed by atoms with van der Waals surface area (Å²) in [6.07, 6.45) is 0. The lowest BCUT2D eigenvalue weighted by molar-refractivity contribution is 0.630. The van der Waals surface area contributed by atoms with Crippen molar-refractivity contribution in [2.75, 3.05) is 0 Å². The van der Waals surface area contributed by atoms with Crippen molar-refractivity contribution in [3.05, 3.63) is 133 Å². The molecule has 0 amide bonds. The number of hydrogen-bond donors (Lipinski definition) is 0. The zero-order valence-corrected chi connectivity index (χ0v) is 19.4. The molecule has 0 fully saturated rings. The van der Waals surface area contributed by atoms with E-state index >= 15 is 0 Å². The van der Waals surface area contributed by atoms with E-state index in [0.717, 1.165) is 55.3 Å². The number of halogens is 1. The number of nitrogens with zero attached hydrogens (tertiary/aromatic N) is 2. The molecule has 0 aliphatic carbocycles. The predicted octanol–water partition coefficient (Wildman–Crippen LogP) is 8.78. The first-order valence-electron chi connectivity index (χ1n) is 12.0. The second kappa shape index (κ2) is 8.17. The van der Waals surface area contributed by atoms with Crippen LogP contribution in [0.2, 0.25) is 0 Å². The third-order valence-electron chi connectivity index (χ3n) is 6.83. The van der Waals surface area contributed by atoms with E-state index in [2.05, 4.69) is 72.8 Å².